The van der Waals surface area contributed by atoms with Crippen molar-refractivity contribution in [1.29, 1.82) is 0 Å². The number of rotatable bonds is 4. The van der Waals surface area contributed by atoms with Crippen molar-refractivity contribution >= 4 is 0 Å². The highest BCUT2D eigenvalue weighted by Gasteiger charge is 1.91. The first-order valence-electron chi connectivity index (χ1n) is 4.09. The van der Waals surface area contributed by atoms with Crippen LogP contribution in [0.25, 0.3) is 0 Å². The van der Waals surface area contributed by atoms with Gasteiger partial charge >= 0.3 is 0 Å². The molecular weight excluding hydrogens is 132 g/mol. The Kier molecular flexibility index (Phi) is 5.54. The van der Waals surface area contributed by atoms with E-state index >= 15 is 0 Å². The van der Waals surface area contributed by atoms with E-state index in [1.54, 1.807) is 0 Å². The van der Waals surface area contributed by atoms with Crippen LogP contribution in [0.5, 0.6) is 0 Å². The van der Waals surface area contributed by atoms with Crippen LogP contribution in [0.1, 0.15) is 33.6 Å². The summed E-state index contributed by atoms with van der Waals surface area (Å²) in [5.41, 5.74) is 2.90. The summed E-state index contributed by atoms with van der Waals surface area (Å²) in [6, 6.07) is 0. The number of allylic oxidation sites excluding steroid dienone is 5. The molecule has 0 heteroatoms. The number of hydrogen-bond acceptors (Lipinski definition) is 0. The van der Waals surface area contributed by atoms with Gasteiger partial charge in [-0.1, -0.05) is 29.4 Å². The standard InChI is InChI=1S/C11H18/c1-5-7-9-11(4)10(3)8-6-2/h5-7H,2,8-9H2,1,3-4H3/b7-5?,11-10-. The maximum absolute atomic E-state index is 3.71. The molecule has 0 spiro atoms. The summed E-state index contributed by atoms with van der Waals surface area (Å²) in [4.78, 5) is 0. The van der Waals surface area contributed by atoms with Gasteiger partial charge in [-0.3, -0.25) is 0 Å². The minimum atomic E-state index is 1.02. The Labute approximate surface area is 70.3 Å². The molecule has 0 fully saturated rings. The van der Waals surface area contributed by atoms with E-state index in [1.807, 2.05) is 6.08 Å². The van der Waals surface area contributed by atoms with E-state index in [9.17, 15) is 0 Å². The van der Waals surface area contributed by atoms with E-state index in [-0.39, 0.29) is 0 Å². The highest BCUT2D eigenvalue weighted by atomic mass is 14.0. The van der Waals surface area contributed by atoms with Gasteiger partial charge in [-0.25, -0.2) is 0 Å². The Balaban J connectivity index is 4.03. The molecule has 0 N–H and O–H groups in total. The first-order valence-corrected chi connectivity index (χ1v) is 4.09. The lowest BCUT2D eigenvalue weighted by molar-refractivity contribution is 1.08. The lowest BCUT2D eigenvalue weighted by atomic mass is 10.1. The van der Waals surface area contributed by atoms with Crippen molar-refractivity contribution in [3.8, 4) is 0 Å². The molecule has 0 aliphatic rings. The highest BCUT2D eigenvalue weighted by molar-refractivity contribution is 5.15. The van der Waals surface area contributed by atoms with E-state index < -0.39 is 0 Å². The Bertz CT molecular complexity index is 170. The third-order valence-electron chi connectivity index (χ3n) is 1.84. The summed E-state index contributed by atoms with van der Waals surface area (Å²) >= 11 is 0. The van der Waals surface area contributed by atoms with E-state index in [1.165, 1.54) is 11.1 Å². The Morgan fingerprint density at radius 1 is 1.18 bits per heavy atom. The molecule has 0 atom stereocenters. The number of hydrogen-bond donors (Lipinski definition) is 0. The van der Waals surface area contributed by atoms with Crippen molar-refractivity contribution < 1.29 is 0 Å². The average molecular weight is 150 g/mol. The molecule has 0 aromatic rings. The molecule has 11 heavy (non-hydrogen) atoms. The fourth-order valence-electron chi connectivity index (χ4n) is 0.860. The largest absolute Gasteiger partial charge is 0.103 e. The normalized spacial score (nSPS) is 13.4. The lowest BCUT2D eigenvalue weighted by Crippen LogP contribution is -1.81. The zero-order valence-electron chi connectivity index (χ0n) is 7.85. The van der Waals surface area contributed by atoms with Gasteiger partial charge in [0.05, 0.1) is 0 Å². The predicted octanol–water partition coefficient (Wildman–Crippen LogP) is 3.87. The Morgan fingerprint density at radius 2 is 1.73 bits per heavy atom. The van der Waals surface area contributed by atoms with Crippen LogP contribution >= 0.6 is 0 Å². The highest BCUT2D eigenvalue weighted by Crippen LogP contribution is 2.11. The maximum Gasteiger partial charge on any atom is -0.0139 e. The summed E-state index contributed by atoms with van der Waals surface area (Å²) in [6.07, 6.45) is 8.32. The monoisotopic (exact) mass is 150 g/mol. The van der Waals surface area contributed by atoms with Gasteiger partial charge in [-0.15, -0.1) is 6.58 Å². The van der Waals surface area contributed by atoms with Crippen LogP contribution in [0.2, 0.25) is 0 Å². The molecule has 62 valence electrons. The van der Waals surface area contributed by atoms with Crippen molar-refractivity contribution in [2.75, 3.05) is 0 Å². The van der Waals surface area contributed by atoms with Gasteiger partial charge in [0.2, 0.25) is 0 Å². The summed E-state index contributed by atoms with van der Waals surface area (Å²) in [7, 11) is 0. The van der Waals surface area contributed by atoms with Gasteiger partial charge < -0.3 is 0 Å². The third kappa shape index (κ3) is 4.60. The minimum Gasteiger partial charge on any atom is -0.103 e. The quantitative estimate of drug-likeness (QED) is 0.534. The molecule has 0 unspecified atom stereocenters. The molecule has 0 rings (SSSR count). The Hall–Kier alpha value is -0.780. The summed E-state index contributed by atoms with van der Waals surface area (Å²) < 4.78 is 0. The fourth-order valence-corrected chi connectivity index (χ4v) is 0.860. The van der Waals surface area contributed by atoms with Gasteiger partial charge in [-0.2, -0.15) is 0 Å². The SMILES string of the molecule is C=CC/C(C)=C(/C)CC=CC. The van der Waals surface area contributed by atoms with Gasteiger partial charge in [0, 0.05) is 0 Å². The van der Waals surface area contributed by atoms with E-state index in [4.69, 9.17) is 0 Å². The van der Waals surface area contributed by atoms with Crippen LogP contribution in [0, 0.1) is 0 Å². The van der Waals surface area contributed by atoms with Gasteiger partial charge in [0.25, 0.3) is 0 Å². The molecule has 0 saturated carbocycles. The van der Waals surface area contributed by atoms with Crippen LogP contribution in [-0.2, 0) is 0 Å². The minimum absolute atomic E-state index is 1.02. The summed E-state index contributed by atoms with van der Waals surface area (Å²) in [5.74, 6) is 0. The maximum atomic E-state index is 3.71. The topological polar surface area (TPSA) is 0 Å². The molecule has 0 amide bonds. The van der Waals surface area contributed by atoms with Crippen LogP contribution in [-0.4, -0.2) is 0 Å². The zero-order valence-corrected chi connectivity index (χ0v) is 7.85. The second kappa shape index (κ2) is 5.96. The summed E-state index contributed by atoms with van der Waals surface area (Å²) in [5, 5.41) is 0. The molecule has 0 nitrogen and oxygen atoms in total. The fraction of sp³-hybridized carbons (Fsp3) is 0.455. The Morgan fingerprint density at radius 3 is 2.18 bits per heavy atom. The molecule has 0 saturated heterocycles. The molecule has 0 aliphatic carbocycles. The summed E-state index contributed by atoms with van der Waals surface area (Å²) in [6.45, 7) is 10.1. The first kappa shape index (κ1) is 10.2. The molecule has 0 bridgehead atoms. The third-order valence-corrected chi connectivity index (χ3v) is 1.84. The van der Waals surface area contributed by atoms with Crippen molar-refractivity contribution in [3.63, 3.8) is 0 Å². The second-order valence-electron chi connectivity index (χ2n) is 2.83. The van der Waals surface area contributed by atoms with Crippen molar-refractivity contribution in [2.45, 2.75) is 33.6 Å². The predicted molar refractivity (Wildman–Crippen MR) is 52.6 cm³/mol. The van der Waals surface area contributed by atoms with Crippen LogP contribution in [0.15, 0.2) is 36.0 Å². The van der Waals surface area contributed by atoms with E-state index in [2.05, 4.69) is 39.5 Å². The van der Waals surface area contributed by atoms with Crippen LogP contribution < -0.4 is 0 Å². The van der Waals surface area contributed by atoms with E-state index in [0.717, 1.165) is 12.8 Å². The molecule has 0 radical (unpaired) electrons. The van der Waals surface area contributed by atoms with E-state index in [0.29, 0.717) is 0 Å². The molecular formula is C11H18. The van der Waals surface area contributed by atoms with Crippen molar-refractivity contribution in [3.05, 3.63) is 36.0 Å². The molecule has 0 aliphatic heterocycles. The molecule has 0 aromatic carbocycles. The van der Waals surface area contributed by atoms with Crippen LogP contribution in [0.3, 0.4) is 0 Å². The first-order chi connectivity index (χ1) is 5.22. The lowest BCUT2D eigenvalue weighted by Gasteiger charge is -2.01. The second-order valence-corrected chi connectivity index (χ2v) is 2.83. The van der Waals surface area contributed by atoms with Gasteiger partial charge in [-0.05, 0) is 33.6 Å². The molecule has 0 aromatic heterocycles. The van der Waals surface area contributed by atoms with Gasteiger partial charge in [0.15, 0.2) is 0 Å². The smallest absolute Gasteiger partial charge is 0.0139 e. The zero-order chi connectivity index (χ0) is 8.69. The van der Waals surface area contributed by atoms with Crippen molar-refractivity contribution in [2.24, 2.45) is 0 Å². The van der Waals surface area contributed by atoms with Crippen molar-refractivity contribution in [1.82, 2.24) is 0 Å². The average Bonchev–Trinajstić information content (AvgIpc) is 2.00. The van der Waals surface area contributed by atoms with Gasteiger partial charge in [0.1, 0.15) is 0 Å². The van der Waals surface area contributed by atoms with Crippen LogP contribution in [0.4, 0.5) is 0 Å². The molecule has 0 heterocycles.